The number of aliphatic hydroxyl groups is 1. The van der Waals surface area contributed by atoms with Crippen molar-refractivity contribution in [1.29, 1.82) is 0 Å². The van der Waals surface area contributed by atoms with Crippen molar-refractivity contribution in [1.82, 2.24) is 9.97 Å². The first-order valence-electron chi connectivity index (χ1n) is 10.7. The van der Waals surface area contributed by atoms with Gasteiger partial charge in [0.05, 0.1) is 48.0 Å². The fourth-order valence-electron chi connectivity index (χ4n) is 4.71. The highest BCUT2D eigenvalue weighted by atomic mass is 32.2. The van der Waals surface area contributed by atoms with E-state index in [1.165, 1.54) is 0 Å². The highest BCUT2D eigenvalue weighted by Crippen LogP contribution is 2.37. The van der Waals surface area contributed by atoms with E-state index in [1.807, 2.05) is 18.2 Å². The number of aliphatic hydroxyl groups excluding tert-OH is 1. The van der Waals surface area contributed by atoms with Crippen molar-refractivity contribution in [2.75, 3.05) is 66.9 Å². The molecule has 164 valence electrons. The van der Waals surface area contributed by atoms with E-state index in [1.54, 1.807) is 0 Å². The number of aryl methyl sites for hydroxylation is 1. The van der Waals surface area contributed by atoms with Gasteiger partial charge in [-0.2, -0.15) is 4.98 Å². The molecule has 10 heteroatoms. The smallest absolute Gasteiger partial charge is 0.227 e. The third kappa shape index (κ3) is 3.16. The monoisotopic (exact) mass is 443 g/mol. The van der Waals surface area contributed by atoms with Crippen molar-refractivity contribution in [3.05, 3.63) is 30.0 Å². The molecule has 2 N–H and O–H groups in total. The van der Waals surface area contributed by atoms with E-state index in [9.17, 15) is 9.32 Å². The van der Waals surface area contributed by atoms with Gasteiger partial charge in [-0.15, -0.1) is 0 Å². The Kier molecular flexibility index (Phi) is 4.55. The molecule has 2 atom stereocenters. The summed E-state index contributed by atoms with van der Waals surface area (Å²) in [7, 11) is -1.13. The van der Waals surface area contributed by atoms with Gasteiger partial charge in [0.15, 0.2) is 0 Å². The molecule has 0 aliphatic carbocycles. The number of piperazine rings is 1. The van der Waals surface area contributed by atoms with Crippen molar-refractivity contribution in [3.63, 3.8) is 0 Å². The van der Waals surface area contributed by atoms with Crippen LogP contribution in [0.4, 0.5) is 17.5 Å². The van der Waals surface area contributed by atoms with Gasteiger partial charge in [-0.3, -0.25) is 4.21 Å². The number of nitrogens with one attached hydrogen (secondary N) is 1. The largest absolute Gasteiger partial charge is 0.489 e. The molecule has 0 radical (unpaired) electrons. The second-order valence-electron chi connectivity index (χ2n) is 8.58. The van der Waals surface area contributed by atoms with Gasteiger partial charge in [0.25, 0.3) is 0 Å². The van der Waals surface area contributed by atoms with Crippen LogP contribution in [0.5, 0.6) is 5.75 Å². The highest BCUT2D eigenvalue weighted by Gasteiger charge is 2.41. The number of hydrogen-bond acceptors (Lipinski definition) is 9. The summed E-state index contributed by atoms with van der Waals surface area (Å²) in [5.41, 5.74) is 1.42. The fourth-order valence-corrected chi connectivity index (χ4v) is 6.02. The van der Waals surface area contributed by atoms with Crippen molar-refractivity contribution in [2.45, 2.75) is 22.9 Å². The van der Waals surface area contributed by atoms with Gasteiger partial charge < -0.3 is 29.7 Å². The SMILES string of the molecule is O=[S@@]1CCc2nc(N3CCN4c5ccccc5OC[C@H]4C3)nc(NC3(CO)COC3)c21. The van der Waals surface area contributed by atoms with E-state index in [-0.39, 0.29) is 12.6 Å². The Balaban J connectivity index is 1.30. The Morgan fingerprint density at radius 1 is 1.26 bits per heavy atom. The number of hydrogen-bond donors (Lipinski definition) is 2. The van der Waals surface area contributed by atoms with E-state index >= 15 is 0 Å². The molecule has 4 aliphatic heterocycles. The number of fused-ring (bicyclic) bond motifs is 4. The minimum absolute atomic E-state index is 0.0642. The zero-order valence-electron chi connectivity index (χ0n) is 17.1. The molecule has 0 bridgehead atoms. The molecule has 0 saturated carbocycles. The van der Waals surface area contributed by atoms with Crippen LogP contribution in [-0.4, -0.2) is 82.7 Å². The number of rotatable bonds is 4. The van der Waals surface area contributed by atoms with E-state index in [4.69, 9.17) is 19.4 Å². The molecule has 2 saturated heterocycles. The number of para-hydroxylation sites is 2. The molecule has 2 fully saturated rings. The minimum Gasteiger partial charge on any atom is -0.489 e. The average molecular weight is 444 g/mol. The first kappa shape index (κ1) is 19.3. The van der Waals surface area contributed by atoms with Gasteiger partial charge in [0.1, 0.15) is 28.6 Å². The van der Waals surface area contributed by atoms with Crippen molar-refractivity contribution < 1.29 is 18.8 Å². The molecular weight excluding hydrogens is 418 g/mol. The van der Waals surface area contributed by atoms with Gasteiger partial charge in [-0.25, -0.2) is 4.98 Å². The van der Waals surface area contributed by atoms with Crippen LogP contribution < -0.4 is 19.9 Å². The van der Waals surface area contributed by atoms with Gasteiger partial charge >= 0.3 is 0 Å². The van der Waals surface area contributed by atoms with Crippen LogP contribution in [0.25, 0.3) is 0 Å². The highest BCUT2D eigenvalue weighted by molar-refractivity contribution is 7.85. The first-order valence-corrected chi connectivity index (χ1v) is 12.0. The summed E-state index contributed by atoms with van der Waals surface area (Å²) in [6, 6.07) is 8.38. The van der Waals surface area contributed by atoms with Crippen LogP contribution in [-0.2, 0) is 22.0 Å². The molecule has 0 spiro atoms. The molecule has 4 aliphatic rings. The van der Waals surface area contributed by atoms with Crippen LogP contribution >= 0.6 is 0 Å². The summed E-state index contributed by atoms with van der Waals surface area (Å²) in [5, 5.41) is 13.2. The molecule has 5 heterocycles. The topological polar surface area (TPSA) is 100 Å². The molecule has 1 aromatic carbocycles. The quantitative estimate of drug-likeness (QED) is 0.696. The molecule has 9 nitrogen and oxygen atoms in total. The van der Waals surface area contributed by atoms with Crippen LogP contribution in [0.2, 0.25) is 0 Å². The van der Waals surface area contributed by atoms with Crippen LogP contribution in [0.3, 0.4) is 0 Å². The van der Waals surface area contributed by atoms with Gasteiger partial charge in [0.2, 0.25) is 5.95 Å². The van der Waals surface area contributed by atoms with E-state index in [0.717, 1.165) is 36.8 Å². The number of ether oxygens (including phenoxy) is 2. The second-order valence-corrected chi connectivity index (χ2v) is 10.1. The maximum absolute atomic E-state index is 12.6. The predicted molar refractivity (Wildman–Crippen MR) is 117 cm³/mol. The van der Waals surface area contributed by atoms with Crippen molar-refractivity contribution in [2.24, 2.45) is 0 Å². The lowest BCUT2D eigenvalue weighted by Gasteiger charge is -2.45. The van der Waals surface area contributed by atoms with E-state index in [0.29, 0.717) is 48.7 Å². The third-order valence-corrected chi connectivity index (χ3v) is 7.95. The number of anilines is 3. The molecule has 0 amide bonds. The standard InChI is InChI=1S/C21H25N5O4S/c27-11-21(12-29-13-21)24-19-18-15(5-8-31(18)28)22-20(23-19)25-6-7-26-14(9-25)10-30-17-4-2-1-3-16(17)26/h1-4,14,27H,5-13H2,(H,22,23,24)/t14-,31-/m1/s1. The zero-order valence-corrected chi connectivity index (χ0v) is 17.9. The summed E-state index contributed by atoms with van der Waals surface area (Å²) in [6.45, 7) is 3.77. The number of nitrogens with zero attached hydrogens (tertiary/aromatic N) is 4. The van der Waals surface area contributed by atoms with Crippen LogP contribution in [0, 0.1) is 0 Å². The Morgan fingerprint density at radius 2 is 2.13 bits per heavy atom. The van der Waals surface area contributed by atoms with E-state index in [2.05, 4.69) is 21.2 Å². The Labute approximate surface area is 182 Å². The average Bonchev–Trinajstić information content (AvgIpc) is 3.16. The first-order chi connectivity index (χ1) is 15.2. The zero-order chi connectivity index (χ0) is 21.0. The molecule has 31 heavy (non-hydrogen) atoms. The molecule has 6 rings (SSSR count). The summed E-state index contributed by atoms with van der Waals surface area (Å²) in [6.07, 6.45) is 0.675. The minimum atomic E-state index is -1.13. The summed E-state index contributed by atoms with van der Waals surface area (Å²) in [4.78, 5) is 14.9. The van der Waals surface area contributed by atoms with Crippen LogP contribution in [0.15, 0.2) is 29.2 Å². The maximum Gasteiger partial charge on any atom is 0.227 e. The summed E-state index contributed by atoms with van der Waals surface area (Å²) >= 11 is 0. The lowest BCUT2D eigenvalue weighted by atomic mass is 9.99. The normalized spacial score (nSPS) is 25.7. The number of benzene rings is 1. The van der Waals surface area contributed by atoms with Crippen molar-refractivity contribution in [3.8, 4) is 5.75 Å². The Hall–Kier alpha value is -2.43. The van der Waals surface area contributed by atoms with Gasteiger partial charge in [-0.05, 0) is 12.1 Å². The van der Waals surface area contributed by atoms with Crippen LogP contribution in [0.1, 0.15) is 5.69 Å². The summed E-state index contributed by atoms with van der Waals surface area (Å²) in [5.74, 6) is 2.71. The lowest BCUT2D eigenvalue weighted by Crippen LogP contribution is -2.59. The third-order valence-electron chi connectivity index (χ3n) is 6.49. The van der Waals surface area contributed by atoms with E-state index < -0.39 is 16.3 Å². The lowest BCUT2D eigenvalue weighted by molar-refractivity contribution is -0.0653. The molecule has 1 aromatic heterocycles. The maximum atomic E-state index is 12.6. The number of aromatic nitrogens is 2. The molecule has 0 unspecified atom stereocenters. The van der Waals surface area contributed by atoms with Gasteiger partial charge in [0, 0.05) is 31.8 Å². The van der Waals surface area contributed by atoms with Gasteiger partial charge in [-0.1, -0.05) is 12.1 Å². The predicted octanol–water partition coefficient (Wildman–Crippen LogP) is 0.401. The Morgan fingerprint density at radius 3 is 2.94 bits per heavy atom. The molecular formula is C21H25N5O4S. The fraction of sp³-hybridized carbons (Fsp3) is 0.524. The second kappa shape index (κ2) is 7.32. The Bertz CT molecular complexity index is 1040. The summed E-state index contributed by atoms with van der Waals surface area (Å²) < 4.78 is 23.9. The van der Waals surface area contributed by atoms with Crippen molar-refractivity contribution >= 4 is 28.3 Å². The molecule has 2 aromatic rings.